The molecule has 0 spiro atoms. The molecule has 2 aromatic carbocycles. The van der Waals surface area contributed by atoms with Gasteiger partial charge in [0.15, 0.2) is 0 Å². The number of nitro benzene ring substituents is 1. The number of amides is 1. The zero-order chi connectivity index (χ0) is 21.7. The molecule has 0 atom stereocenters. The molecule has 0 aliphatic carbocycles. The smallest absolute Gasteiger partial charge is 0.273 e. The molecule has 3 aromatic rings. The number of nitrogens with one attached hydrogen (secondary N) is 1. The number of methoxy groups -OCH3 is 1. The third-order valence-corrected chi connectivity index (χ3v) is 4.22. The van der Waals surface area contributed by atoms with Gasteiger partial charge in [0.25, 0.3) is 11.6 Å². The lowest BCUT2D eigenvalue weighted by Crippen LogP contribution is -2.13. The summed E-state index contributed by atoms with van der Waals surface area (Å²) in [5, 5.41) is 23.0. The summed E-state index contributed by atoms with van der Waals surface area (Å²) in [7, 11) is 1.40. The lowest BCUT2D eigenvalue weighted by atomic mass is 10.1. The van der Waals surface area contributed by atoms with Crippen LogP contribution in [0.4, 0.5) is 11.4 Å². The molecule has 0 aliphatic heterocycles. The van der Waals surface area contributed by atoms with E-state index in [1.54, 1.807) is 30.3 Å². The second kappa shape index (κ2) is 8.75. The number of nitro groups is 1. The van der Waals surface area contributed by atoms with Crippen LogP contribution in [0.5, 0.6) is 5.75 Å². The van der Waals surface area contributed by atoms with Crippen molar-refractivity contribution in [2.75, 3.05) is 12.4 Å². The number of carbonyl (C=O) groups is 1. The van der Waals surface area contributed by atoms with E-state index in [2.05, 4.69) is 5.32 Å². The number of hydrogen-bond donors (Lipinski definition) is 1. The molecule has 1 heterocycles. The van der Waals surface area contributed by atoms with E-state index in [1.807, 2.05) is 19.1 Å². The predicted octanol–water partition coefficient (Wildman–Crippen LogP) is 4.72. The highest BCUT2D eigenvalue weighted by Gasteiger charge is 2.16. The molecule has 8 nitrogen and oxygen atoms in total. The first kappa shape index (κ1) is 20.4. The number of nitriles is 1. The molecule has 8 heteroatoms. The third-order valence-electron chi connectivity index (χ3n) is 4.22. The van der Waals surface area contributed by atoms with Crippen molar-refractivity contribution in [1.82, 2.24) is 0 Å². The van der Waals surface area contributed by atoms with Gasteiger partial charge in [-0.3, -0.25) is 14.9 Å². The van der Waals surface area contributed by atoms with Gasteiger partial charge in [0, 0.05) is 17.8 Å². The van der Waals surface area contributed by atoms with Gasteiger partial charge in [-0.15, -0.1) is 0 Å². The standard InChI is InChI=1S/C22H17N3O5/c1-14-4-3-5-16(10-14)24-22(26)15(13-23)11-18-7-9-20(30-18)19-8-6-17(25(27)28)12-21(19)29-2/h3-12H,1-2H3,(H,24,26)/b15-11-. The molecule has 0 unspecified atom stereocenters. The number of benzene rings is 2. The van der Waals surface area contributed by atoms with Crippen LogP contribution in [-0.2, 0) is 4.79 Å². The van der Waals surface area contributed by atoms with Crippen LogP contribution in [-0.4, -0.2) is 17.9 Å². The Balaban J connectivity index is 1.86. The number of aryl methyl sites for hydroxylation is 1. The van der Waals surface area contributed by atoms with Crippen molar-refractivity contribution in [2.45, 2.75) is 6.92 Å². The van der Waals surface area contributed by atoms with Crippen LogP contribution in [0.1, 0.15) is 11.3 Å². The van der Waals surface area contributed by atoms with Crippen LogP contribution >= 0.6 is 0 Å². The second-order valence-corrected chi connectivity index (χ2v) is 6.34. The first-order chi connectivity index (χ1) is 14.4. The van der Waals surface area contributed by atoms with Crippen LogP contribution in [0.3, 0.4) is 0 Å². The Morgan fingerprint density at radius 2 is 2.03 bits per heavy atom. The summed E-state index contributed by atoms with van der Waals surface area (Å²) in [4.78, 5) is 22.8. The number of nitrogens with zero attached hydrogens (tertiary/aromatic N) is 2. The average molecular weight is 403 g/mol. The van der Waals surface area contributed by atoms with Crippen molar-refractivity contribution in [2.24, 2.45) is 0 Å². The normalized spacial score (nSPS) is 10.9. The molecule has 0 radical (unpaired) electrons. The summed E-state index contributed by atoms with van der Waals surface area (Å²) in [6, 6.07) is 16.4. The van der Waals surface area contributed by atoms with Crippen molar-refractivity contribution in [3.63, 3.8) is 0 Å². The zero-order valence-electron chi connectivity index (χ0n) is 16.2. The quantitative estimate of drug-likeness (QED) is 0.275. The summed E-state index contributed by atoms with van der Waals surface area (Å²) in [5.41, 5.74) is 1.82. The predicted molar refractivity (Wildman–Crippen MR) is 111 cm³/mol. The Morgan fingerprint density at radius 1 is 1.23 bits per heavy atom. The summed E-state index contributed by atoms with van der Waals surface area (Å²) >= 11 is 0. The van der Waals surface area contributed by atoms with E-state index >= 15 is 0 Å². The van der Waals surface area contributed by atoms with E-state index in [0.29, 0.717) is 17.0 Å². The lowest BCUT2D eigenvalue weighted by Gasteiger charge is -2.06. The number of ether oxygens (including phenoxy) is 1. The first-order valence-corrected chi connectivity index (χ1v) is 8.83. The molecular weight excluding hydrogens is 386 g/mol. The maximum absolute atomic E-state index is 12.4. The summed E-state index contributed by atoms with van der Waals surface area (Å²) in [5.74, 6) is 0.367. The molecule has 3 rings (SSSR count). The van der Waals surface area contributed by atoms with E-state index < -0.39 is 10.8 Å². The fraction of sp³-hybridized carbons (Fsp3) is 0.0909. The Kier molecular flexibility index (Phi) is 5.94. The fourth-order valence-electron chi connectivity index (χ4n) is 2.78. The average Bonchev–Trinajstić information content (AvgIpc) is 3.19. The van der Waals surface area contributed by atoms with Crippen molar-refractivity contribution in [1.29, 1.82) is 5.26 Å². The Labute approximate surface area is 172 Å². The van der Waals surface area contributed by atoms with Gasteiger partial charge < -0.3 is 14.5 Å². The zero-order valence-corrected chi connectivity index (χ0v) is 16.2. The van der Waals surface area contributed by atoms with Gasteiger partial charge in [-0.05, 0) is 42.8 Å². The van der Waals surface area contributed by atoms with Gasteiger partial charge in [0.05, 0.1) is 23.7 Å². The summed E-state index contributed by atoms with van der Waals surface area (Å²) < 4.78 is 10.9. The van der Waals surface area contributed by atoms with Gasteiger partial charge in [0.1, 0.15) is 28.9 Å². The highest BCUT2D eigenvalue weighted by atomic mass is 16.6. The van der Waals surface area contributed by atoms with Crippen LogP contribution in [0, 0.1) is 28.4 Å². The van der Waals surface area contributed by atoms with Crippen molar-refractivity contribution in [3.05, 3.63) is 81.6 Å². The molecule has 0 fully saturated rings. The molecule has 150 valence electrons. The number of furan rings is 1. The molecule has 0 saturated carbocycles. The van der Waals surface area contributed by atoms with Crippen molar-refractivity contribution in [3.8, 4) is 23.1 Å². The number of hydrogen-bond acceptors (Lipinski definition) is 6. The van der Waals surface area contributed by atoms with E-state index in [4.69, 9.17) is 9.15 Å². The van der Waals surface area contributed by atoms with Crippen LogP contribution in [0.2, 0.25) is 0 Å². The minimum Gasteiger partial charge on any atom is -0.496 e. The number of carbonyl (C=O) groups excluding carboxylic acids is 1. The number of non-ortho nitro benzene ring substituents is 1. The van der Waals surface area contributed by atoms with Gasteiger partial charge in [-0.2, -0.15) is 5.26 Å². The number of anilines is 1. The minimum absolute atomic E-state index is 0.109. The van der Waals surface area contributed by atoms with Gasteiger partial charge >= 0.3 is 0 Å². The van der Waals surface area contributed by atoms with Crippen LogP contribution in [0.25, 0.3) is 17.4 Å². The van der Waals surface area contributed by atoms with Gasteiger partial charge in [-0.1, -0.05) is 12.1 Å². The largest absolute Gasteiger partial charge is 0.496 e. The topological polar surface area (TPSA) is 118 Å². The molecular formula is C22H17N3O5. The van der Waals surface area contributed by atoms with E-state index in [-0.39, 0.29) is 22.8 Å². The van der Waals surface area contributed by atoms with E-state index in [1.165, 1.54) is 31.4 Å². The third kappa shape index (κ3) is 4.54. The van der Waals surface area contributed by atoms with E-state index in [0.717, 1.165) is 5.56 Å². The number of rotatable bonds is 6. The highest BCUT2D eigenvalue weighted by molar-refractivity contribution is 6.09. The highest BCUT2D eigenvalue weighted by Crippen LogP contribution is 2.34. The SMILES string of the molecule is COc1cc([N+](=O)[O-])ccc1-c1ccc(/C=C(/C#N)C(=O)Nc2cccc(C)c2)o1. The van der Waals surface area contributed by atoms with Crippen LogP contribution in [0.15, 0.2) is 64.6 Å². The minimum atomic E-state index is -0.561. The van der Waals surface area contributed by atoms with Crippen molar-refractivity contribution >= 4 is 23.4 Å². The summed E-state index contributed by atoms with van der Waals surface area (Å²) in [6.45, 7) is 1.90. The molecule has 1 amide bonds. The Bertz CT molecular complexity index is 1190. The molecule has 1 N–H and O–H groups in total. The Morgan fingerprint density at radius 3 is 2.70 bits per heavy atom. The van der Waals surface area contributed by atoms with Crippen molar-refractivity contribution < 1.29 is 18.9 Å². The fourth-order valence-corrected chi connectivity index (χ4v) is 2.78. The maximum atomic E-state index is 12.4. The monoisotopic (exact) mass is 403 g/mol. The molecule has 0 aliphatic rings. The maximum Gasteiger partial charge on any atom is 0.273 e. The van der Waals surface area contributed by atoms with E-state index in [9.17, 15) is 20.2 Å². The molecule has 0 saturated heterocycles. The molecule has 1 aromatic heterocycles. The van der Waals surface area contributed by atoms with Gasteiger partial charge in [-0.25, -0.2) is 0 Å². The van der Waals surface area contributed by atoms with Gasteiger partial charge in [0.2, 0.25) is 0 Å². The van der Waals surface area contributed by atoms with Crippen LogP contribution < -0.4 is 10.1 Å². The lowest BCUT2D eigenvalue weighted by molar-refractivity contribution is -0.384. The molecule has 30 heavy (non-hydrogen) atoms. The molecule has 0 bridgehead atoms. The second-order valence-electron chi connectivity index (χ2n) is 6.34. The first-order valence-electron chi connectivity index (χ1n) is 8.83. The Hall–Kier alpha value is -4.38. The summed E-state index contributed by atoms with van der Waals surface area (Å²) in [6.07, 6.45) is 1.33.